The lowest BCUT2D eigenvalue weighted by molar-refractivity contribution is -0.271. The molecular formula is C20H25NO6. The quantitative estimate of drug-likeness (QED) is 0.409. The highest BCUT2D eigenvalue weighted by Crippen LogP contribution is 2.24. The number of benzene rings is 1. The highest BCUT2D eigenvalue weighted by molar-refractivity contribution is 5.78. The fraction of sp³-hybridized carbons (Fsp3) is 0.500. The number of oxime groups is 1. The Kier molecular flexibility index (Phi) is 6.47. The second-order valence-corrected chi connectivity index (χ2v) is 6.81. The van der Waals surface area contributed by atoms with Gasteiger partial charge in [-0.15, -0.1) is 0 Å². The van der Waals surface area contributed by atoms with Crippen LogP contribution in [0.2, 0.25) is 0 Å². The zero-order valence-corrected chi connectivity index (χ0v) is 15.4. The maximum atomic E-state index is 11.0. The number of fused-ring (bicyclic) bond motifs is 1. The third-order valence-corrected chi connectivity index (χ3v) is 4.59. The van der Waals surface area contributed by atoms with Gasteiger partial charge >= 0.3 is 5.97 Å². The molecule has 2 aromatic rings. The Morgan fingerprint density at radius 2 is 2.11 bits per heavy atom. The Labute approximate surface area is 157 Å². The summed E-state index contributed by atoms with van der Waals surface area (Å²) in [6.07, 6.45) is 5.01. The van der Waals surface area contributed by atoms with Crippen molar-refractivity contribution in [2.24, 2.45) is 11.1 Å². The smallest absolute Gasteiger partial charge is 0.364 e. The largest absolute Gasteiger partial charge is 0.477 e. The van der Waals surface area contributed by atoms with Crippen molar-refractivity contribution < 1.29 is 28.6 Å². The van der Waals surface area contributed by atoms with Crippen molar-refractivity contribution in [1.29, 1.82) is 0 Å². The molecule has 0 spiro atoms. The Morgan fingerprint density at radius 1 is 1.33 bits per heavy atom. The van der Waals surface area contributed by atoms with Gasteiger partial charge < -0.3 is 23.8 Å². The standard InChI is InChI=1S/C20H25NO6/c1-20(19(22)23)24-13-15(14-25-20)6-4-5-11-26-21-10-9-17-12-16-7-2-3-8-18(16)27-17/h2-3,7-8,10,12,15H,4-6,9,11,13-14H2,1H3,(H,22,23). The van der Waals surface area contributed by atoms with Crippen LogP contribution in [-0.4, -0.2) is 42.9 Å². The molecule has 3 rings (SSSR count). The van der Waals surface area contributed by atoms with Crippen molar-refractivity contribution in [2.75, 3.05) is 19.8 Å². The van der Waals surface area contributed by atoms with Crippen molar-refractivity contribution >= 4 is 23.2 Å². The van der Waals surface area contributed by atoms with Crippen molar-refractivity contribution in [1.82, 2.24) is 0 Å². The second-order valence-electron chi connectivity index (χ2n) is 6.81. The molecule has 1 aliphatic heterocycles. The lowest BCUT2D eigenvalue weighted by atomic mass is 10.0. The minimum Gasteiger partial charge on any atom is -0.477 e. The Hall–Kier alpha value is -2.38. The first-order valence-corrected chi connectivity index (χ1v) is 9.19. The number of carboxylic acid groups (broad SMARTS) is 1. The van der Waals surface area contributed by atoms with Crippen LogP contribution in [0.1, 0.15) is 31.9 Å². The van der Waals surface area contributed by atoms with E-state index in [-0.39, 0.29) is 5.92 Å². The van der Waals surface area contributed by atoms with Crippen LogP contribution in [0.15, 0.2) is 39.9 Å². The van der Waals surface area contributed by atoms with Gasteiger partial charge in [-0.1, -0.05) is 23.4 Å². The van der Waals surface area contributed by atoms with Gasteiger partial charge in [-0.2, -0.15) is 0 Å². The lowest BCUT2D eigenvalue weighted by Crippen LogP contribution is -2.47. The van der Waals surface area contributed by atoms with Crippen LogP contribution in [0.3, 0.4) is 0 Å². The SMILES string of the molecule is CC1(C(=O)O)OCC(CCCCON=CCc2cc3ccccc3o2)CO1. The Balaban J connectivity index is 1.25. The summed E-state index contributed by atoms with van der Waals surface area (Å²) in [5, 5.41) is 14.1. The summed E-state index contributed by atoms with van der Waals surface area (Å²) in [7, 11) is 0. The number of carboxylic acids is 1. The first-order valence-electron chi connectivity index (χ1n) is 9.19. The van der Waals surface area contributed by atoms with Crippen LogP contribution in [0, 0.1) is 5.92 Å². The van der Waals surface area contributed by atoms with Gasteiger partial charge in [-0.25, -0.2) is 4.79 Å². The van der Waals surface area contributed by atoms with Gasteiger partial charge in [0.25, 0.3) is 5.79 Å². The van der Waals surface area contributed by atoms with E-state index in [0.717, 1.165) is 36.0 Å². The summed E-state index contributed by atoms with van der Waals surface area (Å²) in [5.74, 6) is -1.52. The number of para-hydroxylation sites is 1. The summed E-state index contributed by atoms with van der Waals surface area (Å²) < 4.78 is 16.4. The van der Waals surface area contributed by atoms with Gasteiger partial charge in [-0.05, 0) is 31.4 Å². The number of unbranched alkanes of at least 4 members (excludes halogenated alkanes) is 1. The van der Waals surface area contributed by atoms with Crippen molar-refractivity contribution in [3.8, 4) is 0 Å². The zero-order chi connectivity index (χ0) is 19.1. The molecule has 1 N–H and O–H groups in total. The molecule has 0 saturated carbocycles. The van der Waals surface area contributed by atoms with Gasteiger partial charge in [0, 0.05) is 24.6 Å². The lowest BCUT2D eigenvalue weighted by Gasteiger charge is -2.34. The minimum atomic E-state index is -1.51. The first-order chi connectivity index (χ1) is 13.1. The van der Waals surface area contributed by atoms with E-state index in [1.807, 2.05) is 30.3 Å². The molecule has 1 fully saturated rings. The van der Waals surface area contributed by atoms with Crippen LogP contribution in [0.5, 0.6) is 0 Å². The molecule has 146 valence electrons. The van der Waals surface area contributed by atoms with Gasteiger partial charge in [0.2, 0.25) is 0 Å². The van der Waals surface area contributed by atoms with E-state index in [1.54, 1.807) is 6.21 Å². The number of hydrogen-bond donors (Lipinski definition) is 1. The number of furan rings is 1. The van der Waals surface area contributed by atoms with Crippen molar-refractivity contribution in [3.05, 3.63) is 36.1 Å². The average Bonchev–Trinajstić information content (AvgIpc) is 3.08. The molecule has 0 aliphatic carbocycles. The average molecular weight is 375 g/mol. The molecular weight excluding hydrogens is 350 g/mol. The number of carbonyl (C=O) groups is 1. The van der Waals surface area contributed by atoms with Crippen LogP contribution in [0.25, 0.3) is 11.0 Å². The Bertz CT molecular complexity index is 743. The van der Waals surface area contributed by atoms with E-state index in [2.05, 4.69) is 5.16 Å². The summed E-state index contributed by atoms with van der Waals surface area (Å²) in [4.78, 5) is 16.3. The molecule has 1 aliphatic rings. The summed E-state index contributed by atoms with van der Waals surface area (Å²) in [6, 6.07) is 9.89. The van der Waals surface area contributed by atoms with Crippen molar-refractivity contribution in [3.63, 3.8) is 0 Å². The van der Waals surface area contributed by atoms with Gasteiger partial charge in [0.05, 0.1) is 19.4 Å². The molecule has 0 radical (unpaired) electrons. The summed E-state index contributed by atoms with van der Waals surface area (Å²) in [6.45, 7) is 2.78. The number of ether oxygens (including phenoxy) is 2. The molecule has 0 atom stereocenters. The zero-order valence-electron chi connectivity index (χ0n) is 15.4. The van der Waals surface area contributed by atoms with Crippen LogP contribution < -0.4 is 0 Å². The molecule has 7 nitrogen and oxygen atoms in total. The van der Waals surface area contributed by atoms with Gasteiger partial charge in [-0.3, -0.25) is 0 Å². The predicted molar refractivity (Wildman–Crippen MR) is 99.6 cm³/mol. The number of rotatable bonds is 9. The highest BCUT2D eigenvalue weighted by Gasteiger charge is 2.40. The molecule has 7 heteroatoms. The second kappa shape index (κ2) is 9.01. The molecule has 0 bridgehead atoms. The summed E-state index contributed by atoms with van der Waals surface area (Å²) >= 11 is 0. The van der Waals surface area contributed by atoms with Crippen LogP contribution in [0.4, 0.5) is 0 Å². The number of hydrogen-bond acceptors (Lipinski definition) is 6. The maximum absolute atomic E-state index is 11.0. The van der Waals surface area contributed by atoms with Gasteiger partial charge in [0.15, 0.2) is 0 Å². The third kappa shape index (κ3) is 5.30. The fourth-order valence-corrected chi connectivity index (χ4v) is 2.90. The number of nitrogens with zero attached hydrogens (tertiary/aromatic N) is 1. The minimum absolute atomic E-state index is 0.217. The highest BCUT2D eigenvalue weighted by atomic mass is 16.7. The monoisotopic (exact) mass is 375 g/mol. The molecule has 0 unspecified atom stereocenters. The van der Waals surface area contributed by atoms with E-state index < -0.39 is 11.8 Å². The first kappa shape index (κ1) is 19.4. The Morgan fingerprint density at radius 3 is 2.85 bits per heavy atom. The number of aliphatic carboxylic acids is 1. The fourth-order valence-electron chi connectivity index (χ4n) is 2.90. The molecule has 2 heterocycles. The van der Waals surface area contributed by atoms with E-state index in [1.165, 1.54) is 6.92 Å². The third-order valence-electron chi connectivity index (χ3n) is 4.59. The molecule has 27 heavy (non-hydrogen) atoms. The van der Waals surface area contributed by atoms with E-state index in [9.17, 15) is 4.79 Å². The maximum Gasteiger partial charge on any atom is 0.364 e. The van der Waals surface area contributed by atoms with Crippen molar-refractivity contribution in [2.45, 2.75) is 38.4 Å². The molecule has 0 amide bonds. The predicted octanol–water partition coefficient (Wildman–Crippen LogP) is 3.61. The molecule has 1 saturated heterocycles. The normalized spacial score (nSPS) is 23.1. The van der Waals surface area contributed by atoms with E-state index >= 15 is 0 Å². The topological polar surface area (TPSA) is 90.5 Å². The van der Waals surface area contributed by atoms with Crippen LogP contribution >= 0.6 is 0 Å². The van der Waals surface area contributed by atoms with Crippen LogP contribution in [-0.2, 0) is 25.5 Å². The van der Waals surface area contributed by atoms with Gasteiger partial charge in [0.1, 0.15) is 18.0 Å². The molecule has 1 aromatic heterocycles. The van der Waals surface area contributed by atoms with E-state index in [0.29, 0.717) is 26.2 Å². The summed E-state index contributed by atoms with van der Waals surface area (Å²) in [5.41, 5.74) is 0.876. The molecule has 1 aromatic carbocycles. The van der Waals surface area contributed by atoms with E-state index in [4.69, 9.17) is 23.8 Å².